The minimum absolute atomic E-state index is 0.0854. The van der Waals surface area contributed by atoms with Gasteiger partial charge in [0.05, 0.1) is 21.9 Å². The maximum absolute atomic E-state index is 12.3. The Morgan fingerprint density at radius 1 is 1.14 bits per heavy atom. The maximum Gasteiger partial charge on any atom is 0.338 e. The predicted octanol–water partition coefficient (Wildman–Crippen LogP) is 1.83. The molecule has 2 aromatic carbocycles. The number of rotatable bonds is 6. The molecule has 3 rings (SSSR count). The van der Waals surface area contributed by atoms with Crippen molar-refractivity contribution >= 4 is 31.7 Å². The monoisotopic (exact) mass is 438 g/mol. The molecule has 0 N–H and O–H groups in total. The van der Waals surface area contributed by atoms with Crippen LogP contribution >= 0.6 is 0 Å². The van der Waals surface area contributed by atoms with Crippen molar-refractivity contribution in [2.75, 3.05) is 30.7 Å². The van der Waals surface area contributed by atoms with E-state index in [4.69, 9.17) is 4.74 Å². The highest BCUT2D eigenvalue weighted by molar-refractivity contribution is 7.93. The Bertz CT molecular complexity index is 1110. The Hall–Kier alpha value is -2.43. The number of ether oxygens (including phenoxy) is 1. The molecule has 1 aliphatic heterocycles. The van der Waals surface area contributed by atoms with Gasteiger partial charge in [-0.15, -0.1) is 0 Å². The molecule has 0 bridgehead atoms. The summed E-state index contributed by atoms with van der Waals surface area (Å²) in [5, 5.41) is 0. The summed E-state index contributed by atoms with van der Waals surface area (Å²) in [6.45, 7) is 0.343. The second-order valence-electron chi connectivity index (χ2n) is 6.80. The van der Waals surface area contributed by atoms with Crippen LogP contribution in [0.1, 0.15) is 22.3 Å². The fourth-order valence-electron chi connectivity index (χ4n) is 2.93. The van der Waals surface area contributed by atoms with Crippen LogP contribution in [0.5, 0.6) is 0 Å². The van der Waals surface area contributed by atoms with Gasteiger partial charge in [-0.1, -0.05) is 12.1 Å². The van der Waals surface area contributed by atoms with Crippen LogP contribution in [-0.2, 0) is 31.4 Å². The lowest BCUT2D eigenvalue weighted by atomic mass is 10.2. The number of nitrogens with zero attached hydrogens (tertiary/aromatic N) is 2. The first-order valence-corrected chi connectivity index (χ1v) is 12.0. The number of benzene rings is 2. The number of sulfonamides is 2. The lowest BCUT2D eigenvalue weighted by Gasteiger charge is -2.17. The number of esters is 1. The third-order valence-corrected chi connectivity index (χ3v) is 8.22. The van der Waals surface area contributed by atoms with Crippen LogP contribution in [0, 0.1) is 0 Å². The van der Waals surface area contributed by atoms with E-state index in [9.17, 15) is 21.6 Å². The highest BCUT2D eigenvalue weighted by atomic mass is 32.2. The van der Waals surface area contributed by atoms with Crippen LogP contribution in [0.4, 0.5) is 5.69 Å². The summed E-state index contributed by atoms with van der Waals surface area (Å²) in [4.78, 5) is 12.4. The van der Waals surface area contributed by atoms with Crippen molar-refractivity contribution in [1.82, 2.24) is 4.31 Å². The van der Waals surface area contributed by atoms with Crippen LogP contribution in [-0.4, -0.2) is 53.5 Å². The molecule has 0 radical (unpaired) electrons. The van der Waals surface area contributed by atoms with Gasteiger partial charge in [-0.2, -0.15) is 0 Å². The molecule has 1 saturated heterocycles. The summed E-state index contributed by atoms with van der Waals surface area (Å²) in [7, 11) is -3.96. The molecule has 0 spiro atoms. The molecule has 1 aliphatic rings. The van der Waals surface area contributed by atoms with Gasteiger partial charge in [0, 0.05) is 20.6 Å². The molecule has 0 atom stereocenters. The zero-order valence-electron chi connectivity index (χ0n) is 16.1. The molecule has 29 heavy (non-hydrogen) atoms. The quantitative estimate of drug-likeness (QED) is 0.638. The molecule has 2 aromatic rings. The Morgan fingerprint density at radius 3 is 2.41 bits per heavy atom. The Labute approximate surface area is 170 Å². The average molecular weight is 439 g/mol. The van der Waals surface area contributed by atoms with Crippen LogP contribution in [0.2, 0.25) is 0 Å². The molecule has 1 heterocycles. The van der Waals surface area contributed by atoms with Gasteiger partial charge in [-0.3, -0.25) is 4.31 Å². The molecular formula is C19H22N2O6S2. The van der Waals surface area contributed by atoms with Crippen molar-refractivity contribution in [2.45, 2.75) is 17.9 Å². The fourth-order valence-corrected chi connectivity index (χ4v) is 5.47. The third-order valence-electron chi connectivity index (χ3n) is 4.54. The highest BCUT2D eigenvalue weighted by Crippen LogP contribution is 2.24. The maximum atomic E-state index is 12.3. The van der Waals surface area contributed by atoms with Crippen molar-refractivity contribution in [2.24, 2.45) is 0 Å². The lowest BCUT2D eigenvalue weighted by molar-refractivity contribution is 0.0472. The van der Waals surface area contributed by atoms with Gasteiger partial charge >= 0.3 is 5.97 Å². The minimum atomic E-state index is -3.57. The van der Waals surface area contributed by atoms with Crippen LogP contribution < -0.4 is 4.31 Å². The van der Waals surface area contributed by atoms with E-state index in [1.54, 1.807) is 24.3 Å². The van der Waals surface area contributed by atoms with E-state index in [1.165, 1.54) is 42.7 Å². The van der Waals surface area contributed by atoms with E-state index in [0.717, 1.165) is 4.31 Å². The molecule has 0 aromatic heterocycles. The lowest BCUT2D eigenvalue weighted by Crippen LogP contribution is -2.25. The topological polar surface area (TPSA) is 101 Å². The normalized spacial score (nSPS) is 16.2. The van der Waals surface area contributed by atoms with Crippen molar-refractivity contribution in [3.63, 3.8) is 0 Å². The standard InChI is InChI=1S/C19H22N2O6S2/c1-20(2)29(25,26)18-6-3-5-15(13-18)14-27-19(22)16-7-9-17(10-8-16)21-11-4-12-28(21,23)24/h3,5-10,13H,4,11-12,14H2,1-2H3. The zero-order valence-corrected chi connectivity index (χ0v) is 17.7. The number of hydrogen-bond acceptors (Lipinski definition) is 6. The van der Waals surface area contributed by atoms with E-state index in [2.05, 4.69) is 0 Å². The van der Waals surface area contributed by atoms with Gasteiger partial charge in [-0.25, -0.2) is 25.9 Å². The largest absolute Gasteiger partial charge is 0.457 e. The number of anilines is 1. The van der Waals surface area contributed by atoms with E-state index >= 15 is 0 Å². The van der Waals surface area contributed by atoms with Gasteiger partial charge in [0.1, 0.15) is 6.61 Å². The summed E-state index contributed by atoms with van der Waals surface area (Å²) in [6.07, 6.45) is 0.578. The molecule has 10 heteroatoms. The zero-order chi connectivity index (χ0) is 21.2. The average Bonchev–Trinajstić information content (AvgIpc) is 3.05. The van der Waals surface area contributed by atoms with Crippen molar-refractivity contribution < 1.29 is 26.4 Å². The minimum Gasteiger partial charge on any atom is -0.457 e. The highest BCUT2D eigenvalue weighted by Gasteiger charge is 2.28. The Morgan fingerprint density at radius 2 is 1.83 bits per heavy atom. The van der Waals surface area contributed by atoms with Crippen molar-refractivity contribution in [1.29, 1.82) is 0 Å². The first-order chi connectivity index (χ1) is 13.6. The third kappa shape index (κ3) is 4.60. The molecule has 1 fully saturated rings. The number of carbonyl (C=O) groups excluding carboxylic acids is 1. The second-order valence-corrected chi connectivity index (χ2v) is 11.0. The Balaban J connectivity index is 1.67. The molecule has 0 amide bonds. The van der Waals surface area contributed by atoms with E-state index in [0.29, 0.717) is 24.2 Å². The summed E-state index contributed by atoms with van der Waals surface area (Å²) in [6, 6.07) is 12.4. The molecule has 156 valence electrons. The van der Waals surface area contributed by atoms with Gasteiger partial charge in [0.25, 0.3) is 0 Å². The van der Waals surface area contributed by atoms with Crippen LogP contribution in [0.15, 0.2) is 53.4 Å². The predicted molar refractivity (Wildman–Crippen MR) is 109 cm³/mol. The summed E-state index contributed by atoms with van der Waals surface area (Å²) >= 11 is 0. The van der Waals surface area contributed by atoms with Crippen LogP contribution in [0.25, 0.3) is 0 Å². The smallest absolute Gasteiger partial charge is 0.338 e. The molecule has 8 nitrogen and oxygen atoms in total. The summed E-state index contributed by atoms with van der Waals surface area (Å²) < 4.78 is 56.1. The van der Waals surface area contributed by atoms with Crippen molar-refractivity contribution in [3.05, 3.63) is 59.7 Å². The molecule has 0 aliphatic carbocycles. The fraction of sp³-hybridized carbons (Fsp3) is 0.316. The Kier molecular flexibility index (Phi) is 5.97. The first-order valence-electron chi connectivity index (χ1n) is 8.90. The van der Waals surface area contributed by atoms with Gasteiger partial charge in [-0.05, 0) is 48.4 Å². The van der Waals surface area contributed by atoms with E-state index < -0.39 is 26.0 Å². The van der Waals surface area contributed by atoms with Crippen molar-refractivity contribution in [3.8, 4) is 0 Å². The first kappa shape index (κ1) is 21.3. The van der Waals surface area contributed by atoms with Gasteiger partial charge < -0.3 is 4.74 Å². The van der Waals surface area contributed by atoms with Crippen LogP contribution in [0.3, 0.4) is 0 Å². The second kappa shape index (κ2) is 8.13. The molecular weight excluding hydrogens is 416 g/mol. The molecule has 0 unspecified atom stereocenters. The number of carbonyl (C=O) groups is 1. The van der Waals surface area contributed by atoms with Gasteiger partial charge in [0.2, 0.25) is 20.0 Å². The van der Waals surface area contributed by atoms with Gasteiger partial charge in [0.15, 0.2) is 0 Å². The van der Waals surface area contributed by atoms with E-state index in [1.807, 2.05) is 0 Å². The SMILES string of the molecule is CN(C)S(=O)(=O)c1cccc(COC(=O)c2ccc(N3CCCS3(=O)=O)cc2)c1. The van der Waals surface area contributed by atoms with E-state index in [-0.39, 0.29) is 22.8 Å². The molecule has 0 saturated carbocycles. The summed E-state index contributed by atoms with van der Waals surface area (Å²) in [5.74, 6) is -0.457. The summed E-state index contributed by atoms with van der Waals surface area (Å²) in [5.41, 5.74) is 1.34. The number of hydrogen-bond donors (Lipinski definition) is 0.